The van der Waals surface area contributed by atoms with Gasteiger partial charge in [0.05, 0.1) is 12.2 Å². The van der Waals surface area contributed by atoms with Crippen molar-refractivity contribution in [2.24, 2.45) is 0 Å². The molecule has 0 unspecified atom stereocenters. The lowest BCUT2D eigenvalue weighted by molar-refractivity contribution is -0.115. The molecular weight excluding hydrogens is 282 g/mol. The van der Waals surface area contributed by atoms with E-state index in [1.165, 1.54) is 6.42 Å². The van der Waals surface area contributed by atoms with Crippen LogP contribution >= 0.6 is 0 Å². The first-order chi connectivity index (χ1) is 10.6. The SMILES string of the molecule is O=C(NC1CCCCC1)c1ccc(N2C(=O)CNC2=O)cc1. The van der Waals surface area contributed by atoms with E-state index in [9.17, 15) is 14.4 Å². The van der Waals surface area contributed by atoms with E-state index in [4.69, 9.17) is 0 Å². The van der Waals surface area contributed by atoms with Gasteiger partial charge in [-0.05, 0) is 37.1 Å². The Labute approximate surface area is 128 Å². The van der Waals surface area contributed by atoms with E-state index in [1.54, 1.807) is 24.3 Å². The van der Waals surface area contributed by atoms with Crippen molar-refractivity contribution in [1.29, 1.82) is 0 Å². The molecular formula is C16H19N3O3. The Bertz CT molecular complexity index is 575. The fraction of sp³-hybridized carbons (Fsp3) is 0.438. The molecule has 2 fully saturated rings. The molecule has 6 heteroatoms. The third-order valence-electron chi connectivity index (χ3n) is 4.17. The van der Waals surface area contributed by atoms with Gasteiger partial charge in [0, 0.05) is 11.6 Å². The summed E-state index contributed by atoms with van der Waals surface area (Å²) in [5.74, 6) is -0.389. The Morgan fingerprint density at radius 3 is 2.36 bits per heavy atom. The molecule has 0 atom stereocenters. The van der Waals surface area contributed by atoms with Gasteiger partial charge in [-0.1, -0.05) is 19.3 Å². The first-order valence-electron chi connectivity index (χ1n) is 7.67. The van der Waals surface area contributed by atoms with E-state index >= 15 is 0 Å². The van der Waals surface area contributed by atoms with E-state index in [0.29, 0.717) is 11.3 Å². The monoisotopic (exact) mass is 301 g/mol. The zero-order valence-corrected chi connectivity index (χ0v) is 12.3. The van der Waals surface area contributed by atoms with Crippen LogP contribution in [0, 0.1) is 0 Å². The maximum Gasteiger partial charge on any atom is 0.329 e. The molecule has 2 N–H and O–H groups in total. The van der Waals surface area contributed by atoms with Crippen molar-refractivity contribution in [3.63, 3.8) is 0 Å². The number of amides is 4. The number of carbonyl (C=O) groups is 3. The maximum absolute atomic E-state index is 12.2. The molecule has 2 aliphatic rings. The summed E-state index contributed by atoms with van der Waals surface area (Å²) in [6, 6.07) is 6.37. The van der Waals surface area contributed by atoms with E-state index in [1.807, 2.05) is 0 Å². The highest BCUT2D eigenvalue weighted by molar-refractivity contribution is 6.19. The highest BCUT2D eigenvalue weighted by Gasteiger charge is 2.29. The lowest BCUT2D eigenvalue weighted by Crippen LogP contribution is -2.36. The maximum atomic E-state index is 12.2. The van der Waals surface area contributed by atoms with Crippen LogP contribution < -0.4 is 15.5 Å². The number of imide groups is 1. The van der Waals surface area contributed by atoms with Crippen LogP contribution in [0.1, 0.15) is 42.5 Å². The predicted octanol–water partition coefficient (Wildman–Crippen LogP) is 1.81. The molecule has 1 aromatic rings. The average molecular weight is 301 g/mol. The highest BCUT2D eigenvalue weighted by Crippen LogP contribution is 2.20. The fourth-order valence-corrected chi connectivity index (χ4v) is 2.96. The van der Waals surface area contributed by atoms with Gasteiger partial charge in [0.25, 0.3) is 11.8 Å². The third kappa shape index (κ3) is 2.95. The van der Waals surface area contributed by atoms with Crippen molar-refractivity contribution in [3.8, 4) is 0 Å². The van der Waals surface area contributed by atoms with Gasteiger partial charge in [-0.25, -0.2) is 9.69 Å². The number of anilines is 1. The van der Waals surface area contributed by atoms with Gasteiger partial charge in [-0.2, -0.15) is 0 Å². The molecule has 116 valence electrons. The minimum Gasteiger partial charge on any atom is -0.349 e. The van der Waals surface area contributed by atoms with Gasteiger partial charge in [-0.3, -0.25) is 9.59 Å². The number of urea groups is 1. The van der Waals surface area contributed by atoms with Crippen LogP contribution in [0.25, 0.3) is 0 Å². The van der Waals surface area contributed by atoms with Crippen LogP contribution in [0.15, 0.2) is 24.3 Å². The van der Waals surface area contributed by atoms with E-state index in [-0.39, 0.29) is 24.4 Å². The van der Waals surface area contributed by atoms with Crippen LogP contribution in [0.3, 0.4) is 0 Å². The van der Waals surface area contributed by atoms with E-state index < -0.39 is 6.03 Å². The van der Waals surface area contributed by atoms with Crippen molar-refractivity contribution < 1.29 is 14.4 Å². The van der Waals surface area contributed by atoms with Crippen LogP contribution in [0.2, 0.25) is 0 Å². The van der Waals surface area contributed by atoms with Crippen molar-refractivity contribution in [1.82, 2.24) is 10.6 Å². The number of hydrogen-bond donors (Lipinski definition) is 2. The zero-order chi connectivity index (χ0) is 15.5. The average Bonchev–Trinajstić information content (AvgIpc) is 2.87. The molecule has 1 saturated heterocycles. The fourth-order valence-electron chi connectivity index (χ4n) is 2.96. The Balaban J connectivity index is 1.67. The van der Waals surface area contributed by atoms with Gasteiger partial charge in [0.1, 0.15) is 0 Å². The van der Waals surface area contributed by atoms with Gasteiger partial charge >= 0.3 is 6.03 Å². The van der Waals surface area contributed by atoms with Crippen LogP contribution in [-0.4, -0.2) is 30.4 Å². The van der Waals surface area contributed by atoms with Crippen molar-refractivity contribution in [3.05, 3.63) is 29.8 Å². The summed E-state index contributed by atoms with van der Waals surface area (Å²) in [6.07, 6.45) is 5.64. The Kier molecular flexibility index (Phi) is 4.09. The van der Waals surface area contributed by atoms with Gasteiger partial charge in [0.15, 0.2) is 0 Å². The molecule has 0 spiro atoms. The summed E-state index contributed by atoms with van der Waals surface area (Å²) >= 11 is 0. The minimum absolute atomic E-state index is 0.0166. The summed E-state index contributed by atoms with van der Waals surface area (Å²) in [4.78, 5) is 36.5. The number of rotatable bonds is 3. The molecule has 0 radical (unpaired) electrons. The van der Waals surface area contributed by atoms with Crippen molar-refractivity contribution in [2.75, 3.05) is 11.4 Å². The second-order valence-corrected chi connectivity index (χ2v) is 5.74. The second-order valence-electron chi connectivity index (χ2n) is 5.74. The van der Waals surface area contributed by atoms with Gasteiger partial charge in [-0.15, -0.1) is 0 Å². The molecule has 1 aliphatic carbocycles. The first kappa shape index (κ1) is 14.6. The topological polar surface area (TPSA) is 78.5 Å². The Morgan fingerprint density at radius 1 is 1.09 bits per heavy atom. The highest BCUT2D eigenvalue weighted by atomic mass is 16.2. The summed E-state index contributed by atoms with van der Waals surface area (Å²) in [5, 5.41) is 5.51. The van der Waals surface area contributed by atoms with E-state index in [0.717, 1.165) is 30.6 Å². The molecule has 0 aromatic heterocycles. The first-order valence-corrected chi connectivity index (χ1v) is 7.67. The second kappa shape index (κ2) is 6.17. The van der Waals surface area contributed by atoms with Gasteiger partial charge in [0.2, 0.25) is 0 Å². The van der Waals surface area contributed by atoms with Crippen molar-refractivity contribution >= 4 is 23.5 Å². The summed E-state index contributed by atoms with van der Waals surface area (Å²) in [7, 11) is 0. The molecule has 22 heavy (non-hydrogen) atoms. The lowest BCUT2D eigenvalue weighted by Gasteiger charge is -2.22. The molecule has 3 rings (SSSR count). The molecule has 6 nitrogen and oxygen atoms in total. The summed E-state index contributed by atoms with van der Waals surface area (Å²) in [5.41, 5.74) is 1.02. The quantitative estimate of drug-likeness (QED) is 0.836. The number of nitrogens with one attached hydrogen (secondary N) is 2. The lowest BCUT2D eigenvalue weighted by atomic mass is 9.95. The standard InChI is InChI=1S/C16H19N3O3/c20-14-10-17-16(22)19(14)13-8-6-11(7-9-13)15(21)18-12-4-2-1-3-5-12/h6-9,12H,1-5,10H2,(H,17,22)(H,18,21). The van der Waals surface area contributed by atoms with E-state index in [2.05, 4.69) is 10.6 Å². The summed E-state index contributed by atoms with van der Waals surface area (Å²) < 4.78 is 0. The number of benzene rings is 1. The molecule has 0 bridgehead atoms. The zero-order valence-electron chi connectivity index (χ0n) is 12.3. The summed E-state index contributed by atoms with van der Waals surface area (Å²) in [6.45, 7) is 0.0166. The smallest absolute Gasteiger partial charge is 0.329 e. The minimum atomic E-state index is -0.426. The third-order valence-corrected chi connectivity index (χ3v) is 4.17. The van der Waals surface area contributed by atoms with Crippen molar-refractivity contribution in [2.45, 2.75) is 38.1 Å². The molecule has 1 aliphatic heterocycles. The molecule has 1 saturated carbocycles. The molecule has 1 aromatic carbocycles. The normalized spacial score (nSPS) is 19.2. The Hall–Kier alpha value is -2.37. The van der Waals surface area contributed by atoms with Crippen LogP contribution in [-0.2, 0) is 4.79 Å². The van der Waals surface area contributed by atoms with Crippen LogP contribution in [0.4, 0.5) is 10.5 Å². The molecule has 1 heterocycles. The molecule has 4 amide bonds. The Morgan fingerprint density at radius 2 is 1.77 bits per heavy atom. The predicted molar refractivity (Wildman–Crippen MR) is 81.7 cm³/mol. The van der Waals surface area contributed by atoms with Gasteiger partial charge < -0.3 is 10.6 Å². The number of nitrogens with zero attached hydrogens (tertiary/aromatic N) is 1. The van der Waals surface area contributed by atoms with Crippen LogP contribution in [0.5, 0.6) is 0 Å². The number of hydrogen-bond acceptors (Lipinski definition) is 3. The number of carbonyl (C=O) groups excluding carboxylic acids is 3. The largest absolute Gasteiger partial charge is 0.349 e.